The van der Waals surface area contributed by atoms with Crippen molar-refractivity contribution in [1.82, 2.24) is 14.5 Å². The molecule has 1 aliphatic rings. The van der Waals surface area contributed by atoms with Gasteiger partial charge in [0.2, 0.25) is 5.95 Å². The van der Waals surface area contributed by atoms with Gasteiger partial charge in [-0.25, -0.2) is 13.7 Å². The largest absolute Gasteiger partial charge is 0.490 e. The summed E-state index contributed by atoms with van der Waals surface area (Å²) in [6.07, 6.45) is -4.21. The smallest absolute Gasteiger partial charge is 0.386 e. The van der Waals surface area contributed by atoms with Crippen LogP contribution >= 0.6 is 66.5 Å². The third-order valence-corrected chi connectivity index (χ3v) is 13.2. The highest BCUT2D eigenvalue weighted by atomic mass is 33.1. The Balaban J connectivity index is 1.91. The topological polar surface area (TPSA) is 284 Å². The summed E-state index contributed by atoms with van der Waals surface area (Å²) in [4.78, 5) is 56.3. The molecule has 0 aliphatic carbocycles. The highest BCUT2D eigenvalue weighted by Gasteiger charge is 2.48. The minimum atomic E-state index is -5.79. The summed E-state index contributed by atoms with van der Waals surface area (Å²) < 4.78 is 65.5. The van der Waals surface area contributed by atoms with E-state index in [1.54, 1.807) is 0 Å². The molecule has 0 spiro atoms. The van der Waals surface area contributed by atoms with E-state index in [4.69, 9.17) is 41.4 Å². The van der Waals surface area contributed by atoms with Crippen molar-refractivity contribution in [3.63, 3.8) is 0 Å². The molecular weight excluding hydrogens is 768 g/mol. The van der Waals surface area contributed by atoms with Crippen LogP contribution in [0.3, 0.4) is 0 Å². The number of aliphatic hydroxyl groups is 1. The number of nitrogens with zero attached hydrogens (tertiary/aromatic N) is 2. The third kappa shape index (κ3) is 13.0. The molecule has 262 valence electrons. The molecule has 27 heteroatoms. The number of hydrogen-bond acceptors (Lipinski definition) is 17. The molecule has 2 aromatic rings. The van der Waals surface area contributed by atoms with Crippen LogP contribution in [0.2, 0.25) is 0 Å². The first-order valence-electron chi connectivity index (χ1n) is 12.7. The van der Waals surface area contributed by atoms with Crippen molar-refractivity contribution < 1.29 is 65.7 Å². The highest BCUT2D eigenvalue weighted by molar-refractivity contribution is 8.84. The zero-order chi connectivity index (χ0) is 35.2. The first-order chi connectivity index (χ1) is 21.7. The van der Waals surface area contributed by atoms with Gasteiger partial charge in [0, 0.05) is 10.9 Å². The molecule has 6 atom stereocenters. The van der Waals surface area contributed by atoms with Crippen molar-refractivity contribution in [1.29, 1.82) is 0 Å². The predicted octanol–water partition coefficient (Wildman–Crippen LogP) is 2.22. The number of phosphoric acid groups is 3. The van der Waals surface area contributed by atoms with Crippen LogP contribution in [0.1, 0.15) is 32.6 Å². The number of aromatic nitrogens is 3. The summed E-state index contributed by atoms with van der Waals surface area (Å²) in [5.41, 5.74) is 5.26. The maximum atomic E-state index is 12.9. The Morgan fingerprint density at radius 3 is 2.49 bits per heavy atom. The Morgan fingerprint density at radius 2 is 1.85 bits per heavy atom. The second kappa shape index (κ2) is 17.1. The molecule has 47 heavy (non-hydrogen) atoms. The van der Waals surface area contributed by atoms with Crippen molar-refractivity contribution in [3.05, 3.63) is 22.1 Å². The second-order valence-electron chi connectivity index (χ2n) is 10.1. The van der Waals surface area contributed by atoms with Gasteiger partial charge < -0.3 is 49.2 Å². The Morgan fingerprint density at radius 1 is 1.15 bits per heavy atom. The van der Waals surface area contributed by atoms with Gasteiger partial charge in [0.15, 0.2) is 19.0 Å². The number of nitrogens with two attached hydrogens (primary N) is 1. The van der Waals surface area contributed by atoms with Gasteiger partial charge in [-0.2, -0.15) is 24.3 Å². The van der Waals surface area contributed by atoms with Crippen molar-refractivity contribution >= 4 is 90.6 Å². The molecule has 0 amide bonds. The number of hydrogen-bond donors (Lipinski definition) is 7. The van der Waals surface area contributed by atoms with Gasteiger partial charge in [0.1, 0.15) is 36.8 Å². The maximum absolute atomic E-state index is 12.9. The van der Waals surface area contributed by atoms with Crippen molar-refractivity contribution in [2.45, 2.75) is 50.1 Å². The molecule has 6 unspecified atom stereocenters. The van der Waals surface area contributed by atoms with Crippen LogP contribution in [0.15, 0.2) is 11.0 Å². The van der Waals surface area contributed by atoms with Gasteiger partial charge in [-0.1, -0.05) is 65.0 Å². The van der Waals surface area contributed by atoms with Gasteiger partial charge in [0.05, 0.1) is 17.6 Å². The highest BCUT2D eigenvalue weighted by Crippen LogP contribution is 2.66. The molecule has 0 aromatic carbocycles. The van der Waals surface area contributed by atoms with E-state index in [9.17, 15) is 33.4 Å². The first-order valence-corrected chi connectivity index (χ1v) is 21.9. The molecule has 0 bridgehead atoms. The number of nitrogens with one attached hydrogen (secondary N) is 1. The lowest BCUT2D eigenvalue weighted by atomic mass is 10.1. The van der Waals surface area contributed by atoms with E-state index in [-0.39, 0.29) is 45.8 Å². The lowest BCUT2D eigenvalue weighted by Gasteiger charge is -2.23. The average Bonchev–Trinajstić information content (AvgIpc) is 3.41. The van der Waals surface area contributed by atoms with E-state index in [1.165, 1.54) is 43.1 Å². The molecule has 2 aromatic heterocycles. The first kappa shape index (κ1) is 40.9. The minimum absolute atomic E-state index is 0.000651. The summed E-state index contributed by atoms with van der Waals surface area (Å²) in [5, 5.41) is 11.4. The Hall–Kier alpha value is -0.505. The quantitative estimate of drug-likeness (QED) is 0.0320. The molecule has 19 nitrogen and oxygen atoms in total. The van der Waals surface area contributed by atoms with Crippen LogP contribution in [-0.2, 0) is 41.1 Å². The third-order valence-electron chi connectivity index (χ3n) is 5.32. The normalized spacial score (nSPS) is 22.9. The molecular formula is C20H30BN4O15P3S4. The number of H-pyrrole nitrogens is 1. The van der Waals surface area contributed by atoms with E-state index in [0.29, 0.717) is 0 Å². The maximum Gasteiger partial charge on any atom is 0.490 e. The van der Waals surface area contributed by atoms with Crippen LogP contribution in [0, 0.1) is 11.8 Å². The van der Waals surface area contributed by atoms with Crippen LogP contribution < -0.4 is 11.3 Å². The van der Waals surface area contributed by atoms with E-state index >= 15 is 0 Å². The fraction of sp³-hybridized carbons (Fsp3) is 0.600. The number of phosphoric ester groups is 1. The fourth-order valence-electron chi connectivity index (χ4n) is 3.81. The minimum Gasteiger partial charge on any atom is -0.386 e. The fourth-order valence-corrected chi connectivity index (χ4v) is 9.41. The Labute approximate surface area is 284 Å². The molecule has 0 saturated carbocycles. The van der Waals surface area contributed by atoms with Crippen molar-refractivity contribution in [2.24, 2.45) is 0 Å². The standard InChI is InChI=1S/C20H30BN4O15P3S4/c1-20(2,3)46-44-10-36-15-12(8-37-42(31,32)40-43(33,34)39-41(28,29)30)38-18(14(15)26)25-7-11(5-4-6-35-9-45-47-21)13-16(25)23-19(22)24-17(13)27/h7,12,14-15,18,26H,6,8-10H2,1-3H3,(H,31,32)(H,33,34)(H2,28,29,30)(H3,22,23,24,27). The summed E-state index contributed by atoms with van der Waals surface area (Å²) in [6, 6.07) is 0. The Bertz CT molecular complexity index is 1660. The van der Waals surface area contributed by atoms with E-state index in [1.807, 2.05) is 20.8 Å². The number of nitrogen functional groups attached to an aromatic ring is 1. The number of anilines is 1. The monoisotopic (exact) mass is 798 g/mol. The second-order valence-corrected chi connectivity index (χ2v) is 19.5. The van der Waals surface area contributed by atoms with Gasteiger partial charge in [-0.3, -0.25) is 14.3 Å². The summed E-state index contributed by atoms with van der Waals surface area (Å²) in [6.45, 7) is 4.95. The lowest BCUT2D eigenvalue weighted by Crippen LogP contribution is -2.36. The summed E-state index contributed by atoms with van der Waals surface area (Å²) in [5.74, 6) is 5.53. The van der Waals surface area contributed by atoms with E-state index in [2.05, 4.69) is 30.4 Å². The summed E-state index contributed by atoms with van der Waals surface area (Å²) >= 11 is 0. The zero-order valence-electron chi connectivity index (χ0n) is 24.6. The van der Waals surface area contributed by atoms with Crippen LogP contribution in [0.4, 0.5) is 5.95 Å². The van der Waals surface area contributed by atoms with E-state index in [0.717, 1.165) is 10.6 Å². The molecule has 1 saturated heterocycles. The number of rotatable bonds is 16. The van der Waals surface area contributed by atoms with Crippen molar-refractivity contribution in [2.75, 3.05) is 30.8 Å². The Kier molecular flexibility index (Phi) is 14.9. The van der Waals surface area contributed by atoms with Crippen LogP contribution in [0.25, 0.3) is 11.0 Å². The number of aliphatic hydroxyl groups excluding tert-OH is 1. The SMILES string of the molecule is [B]SSCOCC#Cc1cn(C2OC(COP(=O)(O)OP(=O)(O)OP(=O)(O)O)C(OCSSC(C)(C)C)C2O)c2nc(N)[nH]c(=O)c12. The van der Waals surface area contributed by atoms with Crippen LogP contribution in [0.5, 0.6) is 0 Å². The predicted molar refractivity (Wildman–Crippen MR) is 178 cm³/mol. The van der Waals surface area contributed by atoms with Gasteiger partial charge in [-0.15, -0.1) is 0 Å². The number of ether oxygens (including phenoxy) is 3. The zero-order valence-corrected chi connectivity index (χ0v) is 30.5. The molecule has 3 rings (SSSR count). The number of fused-ring (bicyclic) bond motifs is 1. The molecule has 8 N–H and O–H groups in total. The van der Waals surface area contributed by atoms with Gasteiger partial charge >= 0.3 is 23.5 Å². The summed E-state index contributed by atoms with van der Waals surface area (Å²) in [7, 11) is -6.61. The molecule has 2 radical (unpaired) electrons. The molecule has 1 fully saturated rings. The van der Waals surface area contributed by atoms with Crippen LogP contribution in [-0.4, -0.2) is 94.5 Å². The van der Waals surface area contributed by atoms with E-state index < -0.39 is 60.2 Å². The van der Waals surface area contributed by atoms with Gasteiger partial charge in [-0.05, 0) is 0 Å². The van der Waals surface area contributed by atoms with Crippen molar-refractivity contribution in [3.8, 4) is 11.8 Å². The number of aromatic amines is 1. The lowest BCUT2D eigenvalue weighted by molar-refractivity contribution is -0.0534. The molecule has 3 heterocycles. The molecule has 1 aliphatic heterocycles. The van der Waals surface area contributed by atoms with Gasteiger partial charge in [0.25, 0.3) is 5.56 Å². The average molecular weight is 798 g/mol.